The van der Waals surface area contributed by atoms with Gasteiger partial charge in [0.25, 0.3) is 0 Å². The summed E-state index contributed by atoms with van der Waals surface area (Å²) in [6.45, 7) is 6.91. The highest BCUT2D eigenvalue weighted by Crippen LogP contribution is 2.29. The van der Waals surface area contributed by atoms with Gasteiger partial charge in [-0.15, -0.1) is 35.3 Å². The molecule has 0 saturated carbocycles. The lowest BCUT2D eigenvalue weighted by molar-refractivity contribution is -0.140. The van der Waals surface area contributed by atoms with Crippen LogP contribution in [0.25, 0.3) is 0 Å². The maximum atomic E-state index is 12.6. The molecule has 0 amide bonds. The summed E-state index contributed by atoms with van der Waals surface area (Å²) < 4.78 is 43.3. The summed E-state index contributed by atoms with van der Waals surface area (Å²) in [7, 11) is 0. The fourth-order valence-electron chi connectivity index (χ4n) is 2.01. The first-order valence-electron chi connectivity index (χ1n) is 8.43. The molecule has 0 saturated heterocycles. The summed E-state index contributed by atoms with van der Waals surface area (Å²) in [6, 6.07) is 3.65. The van der Waals surface area contributed by atoms with Gasteiger partial charge in [0, 0.05) is 24.2 Å². The zero-order chi connectivity index (χ0) is 19.9. The van der Waals surface area contributed by atoms with Crippen LogP contribution in [-0.4, -0.2) is 28.6 Å². The average molecular weight is 529 g/mol. The lowest BCUT2D eigenvalue weighted by atomic mass is 10.3. The maximum absolute atomic E-state index is 12.6. The number of alkyl halides is 3. The van der Waals surface area contributed by atoms with E-state index in [1.165, 1.54) is 0 Å². The normalized spacial score (nSPS) is 11.9. The lowest BCUT2D eigenvalue weighted by Gasteiger charge is -2.11. The van der Waals surface area contributed by atoms with E-state index in [-0.39, 0.29) is 36.6 Å². The van der Waals surface area contributed by atoms with Crippen LogP contribution in [0.5, 0.6) is 5.88 Å². The monoisotopic (exact) mass is 529 g/mol. The van der Waals surface area contributed by atoms with Gasteiger partial charge in [0.05, 0.1) is 19.2 Å². The van der Waals surface area contributed by atoms with Gasteiger partial charge in [-0.1, -0.05) is 6.07 Å². The maximum Gasteiger partial charge on any atom is 0.434 e. The Hall–Kier alpha value is -1.63. The van der Waals surface area contributed by atoms with E-state index in [2.05, 4.69) is 25.6 Å². The molecule has 28 heavy (non-hydrogen) atoms. The molecule has 0 aliphatic heterocycles. The number of aromatic nitrogens is 2. The summed E-state index contributed by atoms with van der Waals surface area (Å²) in [5.41, 5.74) is 0.0120. The van der Waals surface area contributed by atoms with E-state index in [4.69, 9.17) is 4.74 Å². The van der Waals surface area contributed by atoms with E-state index in [9.17, 15) is 13.2 Å². The number of ether oxygens (including phenoxy) is 1. The van der Waals surface area contributed by atoms with E-state index in [0.717, 1.165) is 22.3 Å². The molecule has 2 aromatic rings. The number of aliphatic imine (C=N–C) groups is 1. The number of nitrogens with zero attached hydrogens (tertiary/aromatic N) is 3. The SMILES string of the molecule is CCNC(=NCc1ccc(OC(C)C)nc1)NCc1nc(C(F)(F)F)cs1.I. The van der Waals surface area contributed by atoms with Gasteiger partial charge in [0.15, 0.2) is 11.7 Å². The second-order valence-corrected chi connectivity index (χ2v) is 6.79. The molecule has 156 valence electrons. The van der Waals surface area contributed by atoms with Crippen LogP contribution in [0.15, 0.2) is 28.7 Å². The highest BCUT2D eigenvalue weighted by molar-refractivity contribution is 14.0. The Morgan fingerprint density at radius 1 is 1.29 bits per heavy atom. The first kappa shape index (κ1) is 24.4. The van der Waals surface area contributed by atoms with Crippen molar-refractivity contribution in [1.29, 1.82) is 0 Å². The van der Waals surface area contributed by atoms with Crippen molar-refractivity contribution in [1.82, 2.24) is 20.6 Å². The minimum atomic E-state index is -4.42. The van der Waals surface area contributed by atoms with Gasteiger partial charge in [0.2, 0.25) is 5.88 Å². The summed E-state index contributed by atoms with van der Waals surface area (Å²) in [5, 5.41) is 7.38. The number of hydrogen-bond acceptors (Lipinski definition) is 5. The van der Waals surface area contributed by atoms with Crippen LogP contribution < -0.4 is 15.4 Å². The lowest BCUT2D eigenvalue weighted by Crippen LogP contribution is -2.36. The topological polar surface area (TPSA) is 71.4 Å². The van der Waals surface area contributed by atoms with Gasteiger partial charge in [-0.2, -0.15) is 13.2 Å². The van der Waals surface area contributed by atoms with Crippen LogP contribution in [0.3, 0.4) is 0 Å². The van der Waals surface area contributed by atoms with Crippen LogP contribution in [-0.2, 0) is 19.3 Å². The predicted octanol–water partition coefficient (Wildman–Crippen LogP) is 4.22. The van der Waals surface area contributed by atoms with Crippen LogP contribution in [0, 0.1) is 0 Å². The first-order valence-corrected chi connectivity index (χ1v) is 9.31. The fraction of sp³-hybridized carbons (Fsp3) is 0.471. The third kappa shape index (κ3) is 8.17. The van der Waals surface area contributed by atoms with Gasteiger partial charge >= 0.3 is 6.18 Å². The Kier molecular flexibility index (Phi) is 9.93. The molecule has 0 radical (unpaired) electrons. The van der Waals surface area contributed by atoms with Crippen LogP contribution >= 0.6 is 35.3 Å². The van der Waals surface area contributed by atoms with Gasteiger partial charge < -0.3 is 15.4 Å². The molecule has 0 aromatic carbocycles. The quantitative estimate of drug-likeness (QED) is 0.320. The number of nitrogens with one attached hydrogen (secondary N) is 2. The van der Waals surface area contributed by atoms with E-state index in [1.54, 1.807) is 12.3 Å². The Balaban J connectivity index is 0.00000392. The number of halogens is 4. The molecule has 0 unspecified atom stereocenters. The van der Waals surface area contributed by atoms with E-state index in [1.807, 2.05) is 26.8 Å². The van der Waals surface area contributed by atoms with Gasteiger partial charge in [0.1, 0.15) is 5.01 Å². The molecule has 0 aliphatic rings. The number of rotatable bonds is 7. The average Bonchev–Trinajstić information content (AvgIpc) is 3.07. The van der Waals surface area contributed by atoms with Crippen LogP contribution in [0.4, 0.5) is 13.2 Å². The molecule has 11 heteroatoms. The number of hydrogen-bond donors (Lipinski definition) is 2. The van der Waals surface area contributed by atoms with E-state index >= 15 is 0 Å². The van der Waals surface area contributed by atoms with Crippen molar-refractivity contribution >= 4 is 41.3 Å². The van der Waals surface area contributed by atoms with Gasteiger partial charge in [-0.25, -0.2) is 15.0 Å². The summed E-state index contributed by atoms with van der Waals surface area (Å²) in [4.78, 5) is 12.2. The number of thiazole rings is 1. The van der Waals surface area contributed by atoms with Crippen molar-refractivity contribution in [3.05, 3.63) is 40.0 Å². The second kappa shape index (κ2) is 11.4. The summed E-state index contributed by atoms with van der Waals surface area (Å²) >= 11 is 0.957. The van der Waals surface area contributed by atoms with Crippen molar-refractivity contribution in [2.75, 3.05) is 6.54 Å². The van der Waals surface area contributed by atoms with Gasteiger partial charge in [-0.05, 0) is 26.3 Å². The highest BCUT2D eigenvalue weighted by Gasteiger charge is 2.33. The Labute approximate surface area is 183 Å². The molecule has 0 aliphatic carbocycles. The van der Waals surface area contributed by atoms with Gasteiger partial charge in [-0.3, -0.25) is 0 Å². The standard InChI is InChI=1S/C17H22F3N5OS.HI/c1-4-21-16(24-9-15-25-13(10-27-15)17(18,19)20)23-8-12-5-6-14(22-7-12)26-11(2)3;/h5-7,10-11H,4,8-9H2,1-3H3,(H2,21,23,24);1H. The molecule has 2 rings (SSSR count). The van der Waals surface area contributed by atoms with Crippen molar-refractivity contribution in [3.63, 3.8) is 0 Å². The molecule has 0 atom stereocenters. The summed E-state index contributed by atoms with van der Waals surface area (Å²) in [6.07, 6.45) is -2.69. The largest absolute Gasteiger partial charge is 0.475 e. The Bertz CT molecular complexity index is 750. The minimum absolute atomic E-state index is 0. The number of pyridine rings is 1. The highest BCUT2D eigenvalue weighted by atomic mass is 127. The van der Waals surface area contributed by atoms with Crippen molar-refractivity contribution in [2.24, 2.45) is 4.99 Å². The van der Waals surface area contributed by atoms with Crippen molar-refractivity contribution < 1.29 is 17.9 Å². The smallest absolute Gasteiger partial charge is 0.434 e. The molecule has 0 bridgehead atoms. The third-order valence-electron chi connectivity index (χ3n) is 3.17. The number of guanidine groups is 1. The zero-order valence-corrected chi connectivity index (χ0v) is 18.9. The third-order valence-corrected chi connectivity index (χ3v) is 4.02. The predicted molar refractivity (Wildman–Crippen MR) is 114 cm³/mol. The Morgan fingerprint density at radius 3 is 2.57 bits per heavy atom. The molecule has 2 heterocycles. The molecule has 0 fully saturated rings. The summed E-state index contributed by atoms with van der Waals surface area (Å²) in [5.74, 6) is 1.04. The molecule has 2 N–H and O–H groups in total. The Morgan fingerprint density at radius 2 is 2.04 bits per heavy atom. The van der Waals surface area contributed by atoms with Crippen molar-refractivity contribution in [2.45, 2.75) is 46.1 Å². The molecule has 0 spiro atoms. The van der Waals surface area contributed by atoms with E-state index in [0.29, 0.717) is 29.9 Å². The molecular formula is C17H23F3IN5OS. The molecule has 6 nitrogen and oxygen atoms in total. The van der Waals surface area contributed by atoms with Crippen molar-refractivity contribution in [3.8, 4) is 5.88 Å². The second-order valence-electron chi connectivity index (χ2n) is 5.84. The zero-order valence-electron chi connectivity index (χ0n) is 15.7. The first-order chi connectivity index (χ1) is 12.8. The fourth-order valence-corrected chi connectivity index (χ4v) is 2.75. The van der Waals surface area contributed by atoms with Crippen LogP contribution in [0.2, 0.25) is 0 Å². The minimum Gasteiger partial charge on any atom is -0.475 e. The van der Waals surface area contributed by atoms with Crippen LogP contribution in [0.1, 0.15) is 37.0 Å². The molecular weight excluding hydrogens is 506 g/mol. The molecule has 2 aromatic heterocycles. The van der Waals surface area contributed by atoms with E-state index < -0.39 is 11.9 Å².